The van der Waals surface area contributed by atoms with Crippen LogP contribution in [0.2, 0.25) is 5.15 Å². The van der Waals surface area contributed by atoms with Gasteiger partial charge in [0.15, 0.2) is 0 Å². The molecule has 0 spiro atoms. The van der Waals surface area contributed by atoms with Gasteiger partial charge in [-0.15, -0.1) is 0 Å². The van der Waals surface area contributed by atoms with Crippen molar-refractivity contribution < 1.29 is 5.11 Å². The summed E-state index contributed by atoms with van der Waals surface area (Å²) < 4.78 is 0. The number of hydrogen-bond acceptors (Lipinski definition) is 2. The standard InChI is InChI=1S/C15H13ClN2O/c1-3-5-10-9-12(17-11(10)6-4-2)15-13(19)7-8-14(16)18-15/h3-9,17,19H,1-2H2/b10-5-,11-6+. The van der Waals surface area contributed by atoms with Crippen LogP contribution in [-0.2, 0) is 0 Å². The van der Waals surface area contributed by atoms with Gasteiger partial charge in [0.25, 0.3) is 0 Å². The maximum atomic E-state index is 9.85. The summed E-state index contributed by atoms with van der Waals surface area (Å²) in [7, 11) is 0. The van der Waals surface area contributed by atoms with Crippen molar-refractivity contribution in [3.05, 3.63) is 59.2 Å². The van der Waals surface area contributed by atoms with Crippen LogP contribution in [0.15, 0.2) is 43.5 Å². The van der Waals surface area contributed by atoms with Crippen LogP contribution in [0.25, 0.3) is 23.5 Å². The van der Waals surface area contributed by atoms with E-state index >= 15 is 0 Å². The molecule has 0 unspecified atom stereocenters. The molecule has 96 valence electrons. The number of nitrogens with zero attached hydrogens (tertiary/aromatic N) is 1. The predicted molar refractivity (Wildman–Crippen MR) is 79.3 cm³/mol. The molecular formula is C15H13ClN2O. The molecule has 0 fully saturated rings. The summed E-state index contributed by atoms with van der Waals surface area (Å²) >= 11 is 5.85. The van der Waals surface area contributed by atoms with Crippen molar-refractivity contribution >= 4 is 23.8 Å². The summed E-state index contributed by atoms with van der Waals surface area (Å²) in [6.45, 7) is 7.35. The summed E-state index contributed by atoms with van der Waals surface area (Å²) in [6.07, 6.45) is 7.07. The summed E-state index contributed by atoms with van der Waals surface area (Å²) in [4.78, 5) is 7.29. The molecule has 0 aliphatic carbocycles. The van der Waals surface area contributed by atoms with Crippen LogP contribution in [-0.4, -0.2) is 15.1 Å². The Kier molecular flexibility index (Phi) is 3.88. The van der Waals surface area contributed by atoms with E-state index in [1.54, 1.807) is 12.2 Å². The Balaban J connectivity index is 2.71. The lowest BCUT2D eigenvalue weighted by atomic mass is 10.2. The molecule has 0 bridgehead atoms. The first kappa shape index (κ1) is 13.2. The topological polar surface area (TPSA) is 48.9 Å². The van der Waals surface area contributed by atoms with E-state index in [1.165, 1.54) is 12.1 Å². The molecular weight excluding hydrogens is 260 g/mol. The van der Waals surface area contributed by atoms with Crippen molar-refractivity contribution in [1.82, 2.24) is 9.97 Å². The Morgan fingerprint density at radius 2 is 1.95 bits per heavy atom. The normalized spacial score (nSPS) is 12.7. The van der Waals surface area contributed by atoms with E-state index in [9.17, 15) is 5.11 Å². The van der Waals surface area contributed by atoms with Gasteiger partial charge in [0, 0.05) is 10.6 Å². The molecule has 0 saturated carbocycles. The number of halogens is 1. The molecule has 2 heterocycles. The van der Waals surface area contributed by atoms with Crippen molar-refractivity contribution in [2.75, 3.05) is 0 Å². The van der Waals surface area contributed by atoms with Crippen LogP contribution in [0.5, 0.6) is 5.75 Å². The van der Waals surface area contributed by atoms with Crippen LogP contribution >= 0.6 is 11.6 Å². The van der Waals surface area contributed by atoms with Crippen molar-refractivity contribution in [2.45, 2.75) is 0 Å². The Bertz CT molecular complexity index is 706. The number of aromatic amines is 1. The minimum absolute atomic E-state index is 0.0703. The van der Waals surface area contributed by atoms with E-state index in [1.807, 2.05) is 18.2 Å². The fraction of sp³-hybridized carbons (Fsp3) is 0. The highest BCUT2D eigenvalue weighted by Crippen LogP contribution is 2.25. The monoisotopic (exact) mass is 272 g/mol. The minimum atomic E-state index is 0.0703. The molecule has 3 nitrogen and oxygen atoms in total. The molecule has 19 heavy (non-hydrogen) atoms. The van der Waals surface area contributed by atoms with E-state index in [2.05, 4.69) is 23.1 Å². The second kappa shape index (κ2) is 5.59. The number of nitrogens with one attached hydrogen (secondary N) is 1. The van der Waals surface area contributed by atoms with Crippen LogP contribution in [0.4, 0.5) is 0 Å². The number of allylic oxidation sites excluding steroid dienone is 2. The lowest BCUT2D eigenvalue weighted by molar-refractivity contribution is 0.475. The third-order valence-corrected chi connectivity index (χ3v) is 2.77. The maximum Gasteiger partial charge on any atom is 0.143 e. The van der Waals surface area contributed by atoms with Gasteiger partial charge in [-0.2, -0.15) is 0 Å². The molecule has 0 saturated heterocycles. The van der Waals surface area contributed by atoms with Gasteiger partial charge in [-0.05, 0) is 24.3 Å². The van der Waals surface area contributed by atoms with Crippen molar-refractivity contribution in [3.63, 3.8) is 0 Å². The number of hydrogen-bond donors (Lipinski definition) is 2. The molecule has 0 aromatic carbocycles. The van der Waals surface area contributed by atoms with Gasteiger partial charge in [0.05, 0.1) is 5.69 Å². The highest BCUT2D eigenvalue weighted by atomic mass is 35.5. The molecule has 2 aromatic rings. The molecule has 4 heteroatoms. The molecule has 0 aliphatic heterocycles. The van der Waals surface area contributed by atoms with Crippen LogP contribution in [0.1, 0.15) is 0 Å². The van der Waals surface area contributed by atoms with Crippen LogP contribution in [0, 0.1) is 0 Å². The Morgan fingerprint density at radius 3 is 2.63 bits per heavy atom. The third-order valence-electron chi connectivity index (χ3n) is 2.56. The smallest absolute Gasteiger partial charge is 0.143 e. The number of aromatic nitrogens is 2. The zero-order valence-corrected chi connectivity index (χ0v) is 11.0. The average molecular weight is 273 g/mol. The lowest BCUT2D eigenvalue weighted by Gasteiger charge is -2.00. The van der Waals surface area contributed by atoms with E-state index in [-0.39, 0.29) is 5.75 Å². The molecule has 0 amide bonds. The Labute approximate surface area is 115 Å². The van der Waals surface area contributed by atoms with Crippen LogP contribution < -0.4 is 10.6 Å². The summed E-state index contributed by atoms with van der Waals surface area (Å²) in [5, 5.41) is 12.0. The van der Waals surface area contributed by atoms with Gasteiger partial charge >= 0.3 is 0 Å². The van der Waals surface area contributed by atoms with Gasteiger partial charge in [-0.3, -0.25) is 0 Å². The molecule has 0 atom stereocenters. The first-order chi connectivity index (χ1) is 9.15. The zero-order chi connectivity index (χ0) is 13.8. The summed E-state index contributed by atoms with van der Waals surface area (Å²) in [5.74, 6) is 0.0703. The van der Waals surface area contributed by atoms with Gasteiger partial charge in [-0.25, -0.2) is 4.98 Å². The fourth-order valence-corrected chi connectivity index (χ4v) is 1.91. The minimum Gasteiger partial charge on any atom is -0.506 e. The predicted octanol–water partition coefficient (Wildman–Crippen LogP) is 2.37. The molecule has 0 radical (unpaired) electrons. The highest BCUT2D eigenvalue weighted by Gasteiger charge is 2.08. The van der Waals surface area contributed by atoms with Crippen molar-refractivity contribution in [2.24, 2.45) is 0 Å². The number of pyridine rings is 1. The number of rotatable bonds is 3. The Hall–Kier alpha value is -2.26. The number of H-pyrrole nitrogens is 1. The van der Waals surface area contributed by atoms with E-state index in [4.69, 9.17) is 11.6 Å². The highest BCUT2D eigenvalue weighted by molar-refractivity contribution is 6.29. The van der Waals surface area contributed by atoms with Gasteiger partial charge in [0.1, 0.15) is 16.6 Å². The largest absolute Gasteiger partial charge is 0.506 e. The second-order valence-corrected chi connectivity index (χ2v) is 4.25. The van der Waals surface area contributed by atoms with E-state index in [0.717, 1.165) is 10.6 Å². The van der Waals surface area contributed by atoms with Gasteiger partial charge in [0.2, 0.25) is 0 Å². The maximum absolute atomic E-state index is 9.85. The zero-order valence-electron chi connectivity index (χ0n) is 10.2. The van der Waals surface area contributed by atoms with Crippen LogP contribution in [0.3, 0.4) is 0 Å². The molecule has 2 aromatic heterocycles. The van der Waals surface area contributed by atoms with Gasteiger partial charge < -0.3 is 10.1 Å². The summed E-state index contributed by atoms with van der Waals surface area (Å²) in [6, 6.07) is 4.92. The Morgan fingerprint density at radius 1 is 1.21 bits per heavy atom. The number of aromatic hydroxyl groups is 1. The average Bonchev–Trinajstić information content (AvgIpc) is 2.77. The van der Waals surface area contributed by atoms with Crippen molar-refractivity contribution in [3.8, 4) is 17.1 Å². The fourth-order valence-electron chi connectivity index (χ4n) is 1.76. The van der Waals surface area contributed by atoms with Crippen molar-refractivity contribution in [1.29, 1.82) is 0 Å². The van der Waals surface area contributed by atoms with E-state index < -0.39 is 0 Å². The lowest BCUT2D eigenvalue weighted by Crippen LogP contribution is -2.21. The van der Waals surface area contributed by atoms with E-state index in [0.29, 0.717) is 16.5 Å². The van der Waals surface area contributed by atoms with Gasteiger partial charge in [-0.1, -0.05) is 43.0 Å². The second-order valence-electron chi connectivity index (χ2n) is 3.86. The quantitative estimate of drug-likeness (QED) is 0.843. The molecule has 2 N–H and O–H groups in total. The first-order valence-corrected chi connectivity index (χ1v) is 6.04. The molecule has 2 rings (SSSR count). The first-order valence-electron chi connectivity index (χ1n) is 5.66. The third kappa shape index (κ3) is 2.77. The summed E-state index contributed by atoms with van der Waals surface area (Å²) in [5.41, 5.74) is 1.09. The molecule has 0 aliphatic rings. The SMILES string of the molecule is C=C/C=c1/cc(-c2nc(Cl)ccc2O)[nH]/c1=C/C=C.